The standard InChI is InChI=1S/C13H25N3OS/c1-9(2)12-11(8-14)18-13(15-12)16(5)6-7-17-10(3)4/h9-10H,6-8,14H2,1-5H3. The SMILES string of the molecule is CC(C)OCCN(C)c1nc(C(C)C)c(CN)s1. The summed E-state index contributed by atoms with van der Waals surface area (Å²) in [5.41, 5.74) is 6.90. The third-order valence-corrected chi connectivity index (χ3v) is 3.86. The minimum absolute atomic E-state index is 0.278. The van der Waals surface area contributed by atoms with Gasteiger partial charge in [-0.15, -0.1) is 11.3 Å². The van der Waals surface area contributed by atoms with Crippen molar-refractivity contribution < 1.29 is 4.74 Å². The zero-order valence-electron chi connectivity index (χ0n) is 12.1. The van der Waals surface area contributed by atoms with E-state index in [0.29, 0.717) is 12.5 Å². The number of aromatic nitrogens is 1. The van der Waals surface area contributed by atoms with Crippen molar-refractivity contribution in [2.75, 3.05) is 25.1 Å². The fraction of sp³-hybridized carbons (Fsp3) is 0.769. The van der Waals surface area contributed by atoms with Crippen molar-refractivity contribution in [2.45, 2.75) is 46.3 Å². The molecule has 104 valence electrons. The highest BCUT2D eigenvalue weighted by atomic mass is 32.1. The number of rotatable bonds is 7. The van der Waals surface area contributed by atoms with Gasteiger partial charge in [-0.05, 0) is 19.8 Å². The van der Waals surface area contributed by atoms with E-state index in [0.717, 1.165) is 24.0 Å². The van der Waals surface area contributed by atoms with Crippen molar-refractivity contribution in [1.82, 2.24) is 4.98 Å². The van der Waals surface area contributed by atoms with Crippen LogP contribution in [0.1, 0.15) is 44.2 Å². The molecule has 0 aromatic carbocycles. The molecule has 0 fully saturated rings. The summed E-state index contributed by atoms with van der Waals surface area (Å²) >= 11 is 1.69. The third kappa shape index (κ3) is 4.23. The number of thiazole rings is 1. The summed E-state index contributed by atoms with van der Waals surface area (Å²) in [5, 5.41) is 1.03. The molecule has 0 saturated carbocycles. The summed E-state index contributed by atoms with van der Waals surface area (Å²) in [6.07, 6.45) is 0.278. The third-order valence-electron chi connectivity index (χ3n) is 2.65. The van der Waals surface area contributed by atoms with Gasteiger partial charge in [-0.2, -0.15) is 0 Å². The van der Waals surface area contributed by atoms with Gasteiger partial charge in [-0.1, -0.05) is 13.8 Å². The lowest BCUT2D eigenvalue weighted by Gasteiger charge is -2.16. The van der Waals surface area contributed by atoms with E-state index in [1.807, 2.05) is 20.9 Å². The monoisotopic (exact) mass is 271 g/mol. The van der Waals surface area contributed by atoms with Crippen LogP contribution in [-0.4, -0.2) is 31.3 Å². The van der Waals surface area contributed by atoms with Crippen molar-refractivity contribution in [3.63, 3.8) is 0 Å². The predicted octanol–water partition coefficient (Wildman–Crippen LogP) is 2.59. The number of hydrogen-bond donors (Lipinski definition) is 1. The highest BCUT2D eigenvalue weighted by Crippen LogP contribution is 2.29. The van der Waals surface area contributed by atoms with Gasteiger partial charge in [-0.25, -0.2) is 4.98 Å². The molecular weight excluding hydrogens is 246 g/mol. The Labute approximate surface area is 114 Å². The molecule has 0 bridgehead atoms. The van der Waals surface area contributed by atoms with Gasteiger partial charge in [0.05, 0.1) is 18.4 Å². The van der Waals surface area contributed by atoms with Crippen LogP contribution in [0.25, 0.3) is 0 Å². The molecule has 0 amide bonds. The lowest BCUT2D eigenvalue weighted by atomic mass is 10.1. The lowest BCUT2D eigenvalue weighted by molar-refractivity contribution is 0.0846. The molecule has 0 aliphatic carbocycles. The zero-order chi connectivity index (χ0) is 13.7. The van der Waals surface area contributed by atoms with Crippen LogP contribution >= 0.6 is 11.3 Å². The molecule has 0 unspecified atom stereocenters. The molecule has 0 radical (unpaired) electrons. The second-order valence-corrected chi connectivity index (χ2v) is 6.07. The molecular formula is C13H25N3OS. The Morgan fingerprint density at radius 3 is 2.44 bits per heavy atom. The first-order chi connectivity index (χ1) is 8.45. The number of anilines is 1. The Morgan fingerprint density at radius 2 is 2.00 bits per heavy atom. The Bertz CT molecular complexity index is 363. The highest BCUT2D eigenvalue weighted by Gasteiger charge is 2.15. The van der Waals surface area contributed by atoms with Gasteiger partial charge in [0.25, 0.3) is 0 Å². The molecule has 0 aliphatic rings. The average molecular weight is 271 g/mol. The van der Waals surface area contributed by atoms with Crippen molar-refractivity contribution in [3.05, 3.63) is 10.6 Å². The van der Waals surface area contributed by atoms with E-state index in [4.69, 9.17) is 10.5 Å². The smallest absolute Gasteiger partial charge is 0.185 e. The van der Waals surface area contributed by atoms with Crippen molar-refractivity contribution in [1.29, 1.82) is 0 Å². The molecule has 18 heavy (non-hydrogen) atoms. The molecule has 0 saturated heterocycles. The number of hydrogen-bond acceptors (Lipinski definition) is 5. The molecule has 1 rings (SSSR count). The van der Waals surface area contributed by atoms with E-state index >= 15 is 0 Å². The van der Waals surface area contributed by atoms with Crippen LogP contribution in [-0.2, 0) is 11.3 Å². The van der Waals surface area contributed by atoms with Crippen LogP contribution in [0.3, 0.4) is 0 Å². The Morgan fingerprint density at radius 1 is 1.33 bits per heavy atom. The quantitative estimate of drug-likeness (QED) is 0.828. The van der Waals surface area contributed by atoms with Gasteiger partial charge >= 0.3 is 0 Å². The van der Waals surface area contributed by atoms with E-state index in [1.165, 1.54) is 4.88 Å². The number of ether oxygens (including phenoxy) is 1. The van der Waals surface area contributed by atoms with Gasteiger partial charge < -0.3 is 15.4 Å². The summed E-state index contributed by atoms with van der Waals surface area (Å²) in [5.74, 6) is 0.425. The number of likely N-dealkylation sites (N-methyl/N-ethyl adjacent to an activating group) is 1. The maximum Gasteiger partial charge on any atom is 0.185 e. The fourth-order valence-electron chi connectivity index (χ4n) is 1.63. The molecule has 2 N–H and O–H groups in total. The summed E-state index contributed by atoms with van der Waals surface area (Å²) in [4.78, 5) is 8.02. The number of nitrogens with two attached hydrogens (primary N) is 1. The number of nitrogens with zero attached hydrogens (tertiary/aromatic N) is 2. The van der Waals surface area contributed by atoms with Gasteiger partial charge in [0, 0.05) is 25.0 Å². The van der Waals surface area contributed by atoms with Crippen molar-refractivity contribution in [2.24, 2.45) is 5.73 Å². The molecule has 1 aromatic rings. The maximum atomic E-state index is 5.77. The molecule has 1 heterocycles. The van der Waals surface area contributed by atoms with E-state index in [2.05, 4.69) is 23.7 Å². The second kappa shape index (κ2) is 7.07. The Balaban J connectivity index is 2.65. The van der Waals surface area contributed by atoms with Gasteiger partial charge in [-0.3, -0.25) is 0 Å². The van der Waals surface area contributed by atoms with E-state index in [9.17, 15) is 0 Å². The zero-order valence-corrected chi connectivity index (χ0v) is 12.9. The second-order valence-electron chi connectivity index (χ2n) is 5.00. The van der Waals surface area contributed by atoms with Crippen molar-refractivity contribution >= 4 is 16.5 Å². The molecule has 5 heteroatoms. The van der Waals surface area contributed by atoms with Crippen LogP contribution in [0, 0.1) is 0 Å². The molecule has 0 atom stereocenters. The fourth-order valence-corrected chi connectivity index (χ4v) is 2.71. The summed E-state index contributed by atoms with van der Waals surface area (Å²) in [7, 11) is 2.05. The minimum atomic E-state index is 0.278. The minimum Gasteiger partial charge on any atom is -0.377 e. The van der Waals surface area contributed by atoms with Gasteiger partial charge in [0.15, 0.2) is 5.13 Å². The normalized spacial score (nSPS) is 11.6. The Hall–Kier alpha value is -0.650. The first-order valence-electron chi connectivity index (χ1n) is 6.48. The highest BCUT2D eigenvalue weighted by molar-refractivity contribution is 7.15. The van der Waals surface area contributed by atoms with E-state index < -0.39 is 0 Å². The molecule has 0 spiro atoms. The summed E-state index contributed by atoms with van der Waals surface area (Å²) in [6, 6.07) is 0. The van der Waals surface area contributed by atoms with Crippen LogP contribution in [0.15, 0.2) is 0 Å². The first-order valence-corrected chi connectivity index (χ1v) is 7.29. The van der Waals surface area contributed by atoms with Crippen LogP contribution in [0.2, 0.25) is 0 Å². The average Bonchev–Trinajstić information content (AvgIpc) is 2.72. The van der Waals surface area contributed by atoms with Gasteiger partial charge in [0.2, 0.25) is 0 Å². The maximum absolute atomic E-state index is 5.77. The molecule has 0 aliphatic heterocycles. The van der Waals surface area contributed by atoms with Crippen LogP contribution in [0.4, 0.5) is 5.13 Å². The first kappa shape index (κ1) is 15.4. The lowest BCUT2D eigenvalue weighted by Crippen LogP contribution is -2.23. The summed E-state index contributed by atoms with van der Waals surface area (Å²) in [6.45, 7) is 10.6. The van der Waals surface area contributed by atoms with E-state index in [1.54, 1.807) is 11.3 Å². The van der Waals surface area contributed by atoms with Crippen LogP contribution < -0.4 is 10.6 Å². The summed E-state index contributed by atoms with van der Waals surface area (Å²) < 4.78 is 5.56. The van der Waals surface area contributed by atoms with E-state index in [-0.39, 0.29) is 6.10 Å². The van der Waals surface area contributed by atoms with Crippen molar-refractivity contribution in [3.8, 4) is 0 Å². The van der Waals surface area contributed by atoms with Crippen LogP contribution in [0.5, 0.6) is 0 Å². The molecule has 1 aromatic heterocycles. The van der Waals surface area contributed by atoms with Gasteiger partial charge in [0.1, 0.15) is 0 Å². The largest absolute Gasteiger partial charge is 0.377 e. The topological polar surface area (TPSA) is 51.4 Å². The predicted molar refractivity (Wildman–Crippen MR) is 78.5 cm³/mol. The Kier molecular flexibility index (Phi) is 6.05. The molecule has 4 nitrogen and oxygen atoms in total.